The van der Waals surface area contributed by atoms with Gasteiger partial charge in [0.1, 0.15) is 11.6 Å². The summed E-state index contributed by atoms with van der Waals surface area (Å²) in [4.78, 5) is 22.1. The first-order valence-electron chi connectivity index (χ1n) is 8.78. The molecule has 1 N–H and O–H groups in total. The number of nitrogens with one attached hydrogen (secondary N) is 1. The third-order valence-corrected chi connectivity index (χ3v) is 5.40. The Hall–Kier alpha value is -2.71. The van der Waals surface area contributed by atoms with Gasteiger partial charge in [-0.15, -0.1) is 11.3 Å². The van der Waals surface area contributed by atoms with Gasteiger partial charge in [0.05, 0.1) is 16.7 Å². The van der Waals surface area contributed by atoms with Gasteiger partial charge in [0.15, 0.2) is 0 Å². The second kappa shape index (κ2) is 8.34. The number of amides is 1. The molecule has 2 aromatic carbocycles. The Labute approximate surface area is 170 Å². The minimum Gasteiger partial charge on any atom is -0.272 e. The van der Waals surface area contributed by atoms with Crippen LogP contribution in [0, 0.1) is 0 Å². The minimum atomic E-state index is -4.37. The molecular formula is C21H19F3N2O2S. The molecule has 1 heterocycles. The molecule has 152 valence electrons. The number of hydroxylamine groups is 1. The highest BCUT2D eigenvalue weighted by Gasteiger charge is 2.30. The first-order chi connectivity index (χ1) is 13.7. The SMILES string of the molecule is CC(C)(C(=O)NOCc1csc(-c2ccc(C(F)(F)F)cc2)n1)c1ccccc1. The van der Waals surface area contributed by atoms with Crippen LogP contribution in [0.25, 0.3) is 10.6 Å². The Morgan fingerprint density at radius 2 is 1.69 bits per heavy atom. The fourth-order valence-electron chi connectivity index (χ4n) is 2.60. The number of rotatable bonds is 6. The van der Waals surface area contributed by atoms with E-state index in [2.05, 4.69) is 10.5 Å². The van der Waals surface area contributed by atoms with Gasteiger partial charge in [0.25, 0.3) is 5.91 Å². The maximum Gasteiger partial charge on any atom is 0.416 e. The molecule has 0 saturated heterocycles. The van der Waals surface area contributed by atoms with Crippen molar-refractivity contribution in [1.29, 1.82) is 0 Å². The highest BCUT2D eigenvalue weighted by Crippen LogP contribution is 2.31. The van der Waals surface area contributed by atoms with Crippen molar-refractivity contribution in [3.05, 3.63) is 76.8 Å². The smallest absolute Gasteiger partial charge is 0.272 e. The van der Waals surface area contributed by atoms with E-state index in [0.29, 0.717) is 16.3 Å². The summed E-state index contributed by atoms with van der Waals surface area (Å²) in [6, 6.07) is 14.2. The minimum absolute atomic E-state index is 0.0493. The summed E-state index contributed by atoms with van der Waals surface area (Å²) < 4.78 is 38.0. The zero-order valence-electron chi connectivity index (χ0n) is 15.8. The van der Waals surface area contributed by atoms with Crippen LogP contribution in [0.2, 0.25) is 0 Å². The second-order valence-electron chi connectivity index (χ2n) is 6.93. The largest absolute Gasteiger partial charge is 0.416 e. The lowest BCUT2D eigenvalue weighted by Crippen LogP contribution is -2.39. The zero-order valence-corrected chi connectivity index (χ0v) is 16.6. The first kappa shape index (κ1) is 21.0. The van der Waals surface area contributed by atoms with Crippen molar-refractivity contribution >= 4 is 17.2 Å². The standard InChI is InChI=1S/C21H19F3N2O2S/c1-20(2,15-6-4-3-5-7-15)19(27)26-28-12-17-13-29-18(25-17)14-8-10-16(11-9-14)21(22,23)24/h3-11,13H,12H2,1-2H3,(H,26,27). The molecule has 0 atom stereocenters. The van der Waals surface area contributed by atoms with Gasteiger partial charge in [0, 0.05) is 10.9 Å². The fourth-order valence-corrected chi connectivity index (χ4v) is 3.41. The number of thiazole rings is 1. The lowest BCUT2D eigenvalue weighted by Gasteiger charge is -2.23. The molecule has 0 aliphatic heterocycles. The average molecular weight is 420 g/mol. The molecule has 0 fully saturated rings. The number of halogens is 3. The van der Waals surface area contributed by atoms with Crippen molar-refractivity contribution in [3.63, 3.8) is 0 Å². The summed E-state index contributed by atoms with van der Waals surface area (Å²) >= 11 is 1.29. The van der Waals surface area contributed by atoms with Crippen molar-refractivity contribution in [1.82, 2.24) is 10.5 Å². The number of alkyl halides is 3. The molecule has 4 nitrogen and oxygen atoms in total. The predicted molar refractivity (Wildman–Crippen MR) is 105 cm³/mol. The van der Waals surface area contributed by atoms with E-state index in [-0.39, 0.29) is 12.5 Å². The predicted octanol–water partition coefficient (Wildman–Crippen LogP) is 5.35. The van der Waals surface area contributed by atoms with Crippen molar-refractivity contribution in [3.8, 4) is 10.6 Å². The molecule has 0 unspecified atom stereocenters. The highest BCUT2D eigenvalue weighted by atomic mass is 32.1. The Morgan fingerprint density at radius 3 is 2.31 bits per heavy atom. The van der Waals surface area contributed by atoms with E-state index >= 15 is 0 Å². The molecule has 0 bridgehead atoms. The fraction of sp³-hybridized carbons (Fsp3) is 0.238. The van der Waals surface area contributed by atoms with Crippen molar-refractivity contribution in [2.75, 3.05) is 0 Å². The summed E-state index contributed by atoms with van der Waals surface area (Å²) in [6.45, 7) is 3.65. The van der Waals surface area contributed by atoms with Crippen LogP contribution in [0.5, 0.6) is 0 Å². The highest BCUT2D eigenvalue weighted by molar-refractivity contribution is 7.13. The van der Waals surface area contributed by atoms with Gasteiger partial charge in [-0.1, -0.05) is 42.5 Å². The van der Waals surface area contributed by atoms with Crippen molar-refractivity contribution in [2.24, 2.45) is 0 Å². The van der Waals surface area contributed by atoms with Gasteiger partial charge in [0.2, 0.25) is 0 Å². The Bertz CT molecular complexity index is 968. The molecule has 29 heavy (non-hydrogen) atoms. The van der Waals surface area contributed by atoms with Crippen LogP contribution in [0.3, 0.4) is 0 Å². The van der Waals surface area contributed by atoms with Crippen LogP contribution in [-0.2, 0) is 27.8 Å². The molecule has 1 aromatic heterocycles. The maximum absolute atomic E-state index is 12.7. The van der Waals surface area contributed by atoms with Crippen LogP contribution >= 0.6 is 11.3 Å². The zero-order chi connectivity index (χ0) is 21.1. The topological polar surface area (TPSA) is 51.2 Å². The van der Waals surface area contributed by atoms with Crippen molar-refractivity contribution in [2.45, 2.75) is 32.0 Å². The van der Waals surface area contributed by atoms with Crippen molar-refractivity contribution < 1.29 is 22.8 Å². The number of aromatic nitrogens is 1. The number of nitrogens with zero attached hydrogens (tertiary/aromatic N) is 1. The molecule has 0 aliphatic rings. The van der Waals surface area contributed by atoms with E-state index in [1.54, 1.807) is 19.2 Å². The van der Waals surface area contributed by atoms with Crippen LogP contribution < -0.4 is 5.48 Å². The number of carbonyl (C=O) groups is 1. The van der Waals surface area contributed by atoms with Gasteiger partial charge in [-0.25, -0.2) is 10.5 Å². The summed E-state index contributed by atoms with van der Waals surface area (Å²) in [7, 11) is 0. The Kier molecular flexibility index (Phi) is 6.04. The second-order valence-corrected chi connectivity index (χ2v) is 7.79. The van der Waals surface area contributed by atoms with Gasteiger partial charge < -0.3 is 0 Å². The normalized spacial score (nSPS) is 12.0. The molecule has 1 amide bonds. The molecule has 3 rings (SSSR count). The maximum atomic E-state index is 12.7. The monoisotopic (exact) mass is 420 g/mol. The number of benzene rings is 2. The van der Waals surface area contributed by atoms with Gasteiger partial charge in [-0.05, 0) is 31.5 Å². The Morgan fingerprint density at radius 1 is 1.03 bits per heavy atom. The van der Waals surface area contributed by atoms with E-state index in [1.165, 1.54) is 23.5 Å². The van der Waals surface area contributed by atoms with Crippen LogP contribution in [0.4, 0.5) is 13.2 Å². The molecule has 0 radical (unpaired) electrons. The number of hydrogen-bond acceptors (Lipinski definition) is 4. The first-order valence-corrected chi connectivity index (χ1v) is 9.65. The molecular weight excluding hydrogens is 401 g/mol. The third-order valence-electron chi connectivity index (χ3n) is 4.46. The van der Waals surface area contributed by atoms with Gasteiger partial charge in [-0.3, -0.25) is 9.63 Å². The summed E-state index contributed by atoms with van der Waals surface area (Å²) in [5, 5.41) is 2.31. The summed E-state index contributed by atoms with van der Waals surface area (Å²) in [6.07, 6.45) is -4.37. The summed E-state index contributed by atoms with van der Waals surface area (Å²) in [5.41, 5.74) is 2.99. The van der Waals surface area contributed by atoms with Crippen LogP contribution in [-0.4, -0.2) is 10.9 Å². The quantitative estimate of drug-likeness (QED) is 0.547. The van der Waals surface area contributed by atoms with E-state index in [9.17, 15) is 18.0 Å². The molecule has 3 aromatic rings. The lowest BCUT2D eigenvalue weighted by atomic mass is 9.84. The van der Waals surface area contributed by atoms with E-state index in [4.69, 9.17) is 4.84 Å². The Balaban J connectivity index is 1.58. The molecule has 0 aliphatic carbocycles. The van der Waals surface area contributed by atoms with E-state index in [1.807, 2.05) is 30.3 Å². The summed E-state index contributed by atoms with van der Waals surface area (Å²) in [5.74, 6) is -0.290. The average Bonchev–Trinajstić information content (AvgIpc) is 3.17. The number of carbonyl (C=O) groups excluding carboxylic acids is 1. The van der Waals surface area contributed by atoms with Crippen LogP contribution in [0.1, 0.15) is 30.7 Å². The van der Waals surface area contributed by atoms with Gasteiger partial charge in [-0.2, -0.15) is 13.2 Å². The lowest BCUT2D eigenvalue weighted by molar-refractivity contribution is -0.139. The van der Waals surface area contributed by atoms with E-state index in [0.717, 1.165) is 17.7 Å². The molecule has 0 spiro atoms. The third kappa shape index (κ3) is 5.02. The molecule has 8 heteroatoms. The molecule has 0 saturated carbocycles. The number of hydrogen-bond donors (Lipinski definition) is 1. The van der Waals surface area contributed by atoms with E-state index < -0.39 is 17.2 Å². The van der Waals surface area contributed by atoms with Crippen LogP contribution in [0.15, 0.2) is 60.0 Å². The van der Waals surface area contributed by atoms with Gasteiger partial charge >= 0.3 is 6.18 Å².